The van der Waals surface area contributed by atoms with Gasteiger partial charge in [-0.1, -0.05) is 0 Å². The molecule has 0 spiro atoms. The highest BCUT2D eigenvalue weighted by Crippen LogP contribution is 2.20. The molecule has 0 aromatic rings. The van der Waals surface area contributed by atoms with E-state index >= 15 is 0 Å². The van der Waals surface area contributed by atoms with Gasteiger partial charge in [-0.3, -0.25) is 4.79 Å². The first-order valence-corrected chi connectivity index (χ1v) is 4.03. The Balaban J connectivity index is 2.56. The van der Waals surface area contributed by atoms with Gasteiger partial charge in [-0.15, -0.1) is 0 Å². The Hall–Kier alpha value is -0.780. The smallest absolute Gasteiger partial charge is 0.333 e. The Kier molecular flexibility index (Phi) is 2.80. The predicted octanol–water partition coefficient (Wildman–Crippen LogP) is 0.498. The molecule has 1 aliphatic rings. The molecule has 1 saturated heterocycles. The first-order chi connectivity index (χ1) is 5.91. The minimum atomic E-state index is -4.77. The topological polar surface area (TPSA) is 46.3 Å². The van der Waals surface area contributed by atoms with Crippen LogP contribution in [-0.4, -0.2) is 36.1 Å². The molecule has 0 aromatic carbocycles. The first-order valence-electron chi connectivity index (χ1n) is 4.03. The van der Waals surface area contributed by atoms with Gasteiger partial charge in [0.2, 0.25) is 0 Å². The van der Waals surface area contributed by atoms with Crippen molar-refractivity contribution in [3.05, 3.63) is 0 Å². The molecule has 0 aromatic heterocycles. The van der Waals surface area contributed by atoms with Crippen LogP contribution in [0.1, 0.15) is 12.8 Å². The number of carbonyl (C=O) groups is 1. The zero-order valence-corrected chi connectivity index (χ0v) is 6.97. The summed E-state index contributed by atoms with van der Waals surface area (Å²) in [5.41, 5.74) is 5.44. The molecule has 0 radical (unpaired) electrons. The minimum absolute atomic E-state index is 0.0122. The molecule has 1 aliphatic heterocycles. The van der Waals surface area contributed by atoms with E-state index in [1.54, 1.807) is 0 Å². The molecule has 6 heteroatoms. The second-order valence-corrected chi connectivity index (χ2v) is 3.15. The molecular weight excluding hydrogens is 185 g/mol. The number of likely N-dealkylation sites (tertiary alicyclic amines) is 1. The van der Waals surface area contributed by atoms with Crippen LogP contribution in [-0.2, 0) is 4.79 Å². The average molecular weight is 196 g/mol. The third-order valence-electron chi connectivity index (χ3n) is 1.99. The number of rotatable bonds is 0. The molecule has 3 nitrogen and oxygen atoms in total. The summed E-state index contributed by atoms with van der Waals surface area (Å²) in [5, 5.41) is 0. The molecule has 1 rings (SSSR count). The second kappa shape index (κ2) is 3.53. The number of hydrogen-bond acceptors (Lipinski definition) is 2. The SMILES string of the molecule is N[C@H]1CCCN(C(=O)C(F)(F)F)C1. The summed E-state index contributed by atoms with van der Waals surface area (Å²) in [5.74, 6) is -1.78. The summed E-state index contributed by atoms with van der Waals surface area (Å²) in [4.78, 5) is 11.5. The Bertz CT molecular complexity index is 204. The van der Waals surface area contributed by atoms with Crippen molar-refractivity contribution in [1.29, 1.82) is 0 Å². The summed E-state index contributed by atoms with van der Waals surface area (Å²) in [7, 11) is 0. The monoisotopic (exact) mass is 196 g/mol. The summed E-state index contributed by atoms with van der Waals surface area (Å²) in [6, 6.07) is -0.319. The summed E-state index contributed by atoms with van der Waals surface area (Å²) in [6.45, 7) is 0.171. The minimum Gasteiger partial charge on any atom is -0.333 e. The maximum atomic E-state index is 11.9. The van der Waals surface area contributed by atoms with Crippen LogP contribution in [0.2, 0.25) is 0 Å². The lowest BCUT2D eigenvalue weighted by Gasteiger charge is -2.31. The summed E-state index contributed by atoms with van der Waals surface area (Å²) < 4.78 is 35.8. The third-order valence-corrected chi connectivity index (χ3v) is 1.99. The van der Waals surface area contributed by atoms with Gasteiger partial charge in [-0.25, -0.2) is 0 Å². The van der Waals surface area contributed by atoms with Crippen molar-refractivity contribution in [1.82, 2.24) is 4.90 Å². The molecule has 1 fully saturated rings. The fourth-order valence-corrected chi connectivity index (χ4v) is 1.37. The van der Waals surface area contributed by atoms with Gasteiger partial charge in [0.05, 0.1) is 0 Å². The maximum absolute atomic E-state index is 11.9. The van der Waals surface area contributed by atoms with Crippen molar-refractivity contribution in [3.8, 4) is 0 Å². The molecule has 0 unspecified atom stereocenters. The van der Waals surface area contributed by atoms with Gasteiger partial charge in [0, 0.05) is 19.1 Å². The fourth-order valence-electron chi connectivity index (χ4n) is 1.37. The first kappa shape index (κ1) is 10.3. The van der Waals surface area contributed by atoms with E-state index in [1.165, 1.54) is 0 Å². The number of halogens is 3. The number of nitrogens with zero attached hydrogens (tertiary/aromatic N) is 1. The molecule has 0 aliphatic carbocycles. The molecule has 76 valence electrons. The number of amides is 1. The van der Waals surface area contributed by atoms with Crippen molar-refractivity contribution < 1.29 is 18.0 Å². The Morgan fingerprint density at radius 2 is 2.08 bits per heavy atom. The third kappa shape index (κ3) is 2.58. The van der Waals surface area contributed by atoms with Gasteiger partial charge in [-0.2, -0.15) is 13.2 Å². The number of carbonyl (C=O) groups excluding carboxylic acids is 1. The Morgan fingerprint density at radius 3 is 2.54 bits per heavy atom. The van der Waals surface area contributed by atoms with E-state index in [1.807, 2.05) is 0 Å². The van der Waals surface area contributed by atoms with Gasteiger partial charge < -0.3 is 10.6 Å². The van der Waals surface area contributed by atoms with Gasteiger partial charge >= 0.3 is 12.1 Å². The van der Waals surface area contributed by atoms with Crippen LogP contribution in [0.4, 0.5) is 13.2 Å². The predicted molar refractivity (Wildman–Crippen MR) is 39.8 cm³/mol. The lowest BCUT2D eigenvalue weighted by atomic mass is 10.1. The number of alkyl halides is 3. The highest BCUT2D eigenvalue weighted by molar-refractivity contribution is 5.81. The van der Waals surface area contributed by atoms with Crippen LogP contribution in [0.3, 0.4) is 0 Å². The maximum Gasteiger partial charge on any atom is 0.471 e. The van der Waals surface area contributed by atoms with Crippen LogP contribution >= 0.6 is 0 Å². The van der Waals surface area contributed by atoms with Crippen molar-refractivity contribution in [3.63, 3.8) is 0 Å². The molecule has 1 heterocycles. The number of nitrogens with two attached hydrogens (primary N) is 1. The highest BCUT2D eigenvalue weighted by atomic mass is 19.4. The molecule has 0 bridgehead atoms. The quantitative estimate of drug-likeness (QED) is 0.613. The van der Waals surface area contributed by atoms with Crippen LogP contribution in [0.15, 0.2) is 0 Å². The van der Waals surface area contributed by atoms with E-state index in [4.69, 9.17) is 5.73 Å². The second-order valence-electron chi connectivity index (χ2n) is 3.15. The van der Waals surface area contributed by atoms with E-state index in [9.17, 15) is 18.0 Å². The van der Waals surface area contributed by atoms with E-state index in [0.29, 0.717) is 12.8 Å². The summed E-state index contributed by atoms with van der Waals surface area (Å²) >= 11 is 0. The molecule has 2 N–H and O–H groups in total. The molecular formula is C7H11F3N2O. The van der Waals surface area contributed by atoms with Crippen molar-refractivity contribution in [2.75, 3.05) is 13.1 Å². The lowest BCUT2D eigenvalue weighted by Crippen LogP contribution is -2.50. The van der Waals surface area contributed by atoms with Crippen LogP contribution in [0, 0.1) is 0 Å². The summed E-state index contributed by atoms with van der Waals surface area (Å²) in [6.07, 6.45) is -3.54. The van der Waals surface area contributed by atoms with Gasteiger partial charge in [0.25, 0.3) is 0 Å². The van der Waals surface area contributed by atoms with Gasteiger partial charge in [-0.05, 0) is 12.8 Å². The largest absolute Gasteiger partial charge is 0.471 e. The number of piperidine rings is 1. The molecule has 1 atom stereocenters. The van der Waals surface area contributed by atoms with Crippen molar-refractivity contribution >= 4 is 5.91 Å². The molecule has 1 amide bonds. The standard InChI is InChI=1S/C7H11F3N2O/c8-7(9,10)6(13)12-3-1-2-5(11)4-12/h5H,1-4,11H2/t5-/m0/s1. The van der Waals surface area contributed by atoms with Crippen LogP contribution in [0.25, 0.3) is 0 Å². The van der Waals surface area contributed by atoms with Crippen molar-refractivity contribution in [2.24, 2.45) is 5.73 Å². The van der Waals surface area contributed by atoms with Crippen LogP contribution < -0.4 is 5.73 Å². The fraction of sp³-hybridized carbons (Fsp3) is 0.857. The zero-order valence-electron chi connectivity index (χ0n) is 6.97. The van der Waals surface area contributed by atoms with Crippen LogP contribution in [0.5, 0.6) is 0 Å². The number of hydrogen-bond donors (Lipinski definition) is 1. The van der Waals surface area contributed by atoms with E-state index < -0.39 is 12.1 Å². The Morgan fingerprint density at radius 1 is 1.46 bits per heavy atom. The van der Waals surface area contributed by atoms with Gasteiger partial charge in [0.1, 0.15) is 0 Å². The van der Waals surface area contributed by atoms with Crippen molar-refractivity contribution in [2.45, 2.75) is 25.1 Å². The average Bonchev–Trinajstić information content (AvgIpc) is 2.01. The van der Waals surface area contributed by atoms with E-state index in [-0.39, 0.29) is 19.1 Å². The van der Waals surface area contributed by atoms with E-state index in [2.05, 4.69) is 0 Å². The highest BCUT2D eigenvalue weighted by Gasteiger charge is 2.43. The van der Waals surface area contributed by atoms with Gasteiger partial charge in [0.15, 0.2) is 0 Å². The molecule has 0 saturated carbocycles. The molecule has 13 heavy (non-hydrogen) atoms. The normalized spacial score (nSPS) is 24.6. The Labute approximate surface area is 73.7 Å². The zero-order chi connectivity index (χ0) is 10.1. The van der Waals surface area contributed by atoms with E-state index in [0.717, 1.165) is 4.90 Å². The lowest BCUT2D eigenvalue weighted by molar-refractivity contribution is -0.186.